The van der Waals surface area contributed by atoms with Crippen molar-refractivity contribution >= 4 is 33.9 Å². The Morgan fingerprint density at radius 2 is 1.37 bits per heavy atom. The van der Waals surface area contributed by atoms with E-state index in [1.165, 1.54) is 44.5 Å². The average Bonchev–Trinajstić information content (AvgIpc) is 3.23. The summed E-state index contributed by atoms with van der Waals surface area (Å²) < 4.78 is 7.61. The molecule has 0 radical (unpaired) electrons. The van der Waals surface area contributed by atoms with Gasteiger partial charge in [0.05, 0.1) is 12.5 Å². The minimum Gasteiger partial charge on any atom is -0.497 e. The van der Waals surface area contributed by atoms with E-state index in [1.807, 2.05) is 53.7 Å². The van der Waals surface area contributed by atoms with E-state index in [9.17, 15) is 0 Å². The van der Waals surface area contributed by atoms with E-state index in [0.29, 0.717) is 0 Å². The number of hydrogen-bond acceptors (Lipinski definition) is 2. The Morgan fingerprint density at radius 1 is 0.756 bits per heavy atom. The molecule has 0 bridgehead atoms. The Balaban J connectivity index is 0.000000921. The number of rotatable bonds is 6. The number of anilines is 1. The molecule has 0 spiro atoms. The van der Waals surface area contributed by atoms with Gasteiger partial charge in [-0.3, -0.25) is 0 Å². The number of fused-ring (bicyclic) bond motifs is 3. The molecule has 218 valence electrons. The molecule has 1 aliphatic rings. The van der Waals surface area contributed by atoms with Crippen molar-refractivity contribution in [1.29, 1.82) is 0 Å². The van der Waals surface area contributed by atoms with Crippen LogP contribution in [0.15, 0.2) is 91.0 Å². The predicted octanol–water partition coefficient (Wildman–Crippen LogP) is 10.3. The van der Waals surface area contributed by atoms with Crippen molar-refractivity contribution in [2.45, 2.75) is 67.3 Å². The quantitative estimate of drug-likeness (QED) is 0.222. The topological polar surface area (TPSA) is 15.5 Å². The number of methoxy groups -OCH3 is 1. The summed E-state index contributed by atoms with van der Waals surface area (Å²) in [5.41, 5.74) is 7.60. The maximum Gasteiger partial charge on any atom is 0.210 e. The molecule has 1 heterocycles. The van der Waals surface area contributed by atoms with Crippen LogP contribution >= 0.6 is 0 Å². The fraction of sp³-hybridized carbons (Fsp3) is 0.342. The van der Waals surface area contributed by atoms with Crippen molar-refractivity contribution in [2.75, 3.05) is 26.1 Å². The molecule has 4 aromatic carbocycles. The zero-order valence-electron chi connectivity index (χ0n) is 27.2. The first-order chi connectivity index (χ1) is 19.9. The van der Waals surface area contributed by atoms with Gasteiger partial charge in [0.25, 0.3) is 0 Å². The van der Waals surface area contributed by atoms with Gasteiger partial charge in [-0.15, -0.1) is 0 Å². The van der Waals surface area contributed by atoms with Gasteiger partial charge >= 0.3 is 0 Å². The van der Waals surface area contributed by atoms with Crippen LogP contribution in [-0.4, -0.2) is 31.5 Å². The van der Waals surface area contributed by atoms with Gasteiger partial charge in [0.15, 0.2) is 5.71 Å². The molecule has 5 rings (SSSR count). The van der Waals surface area contributed by atoms with Crippen LogP contribution in [0.5, 0.6) is 5.75 Å². The third kappa shape index (κ3) is 7.47. The molecular formula is C38H51N2O+. The summed E-state index contributed by atoms with van der Waals surface area (Å²) in [4.78, 5) is 2.26. The summed E-state index contributed by atoms with van der Waals surface area (Å²) in [6.07, 6.45) is 4.51. The summed E-state index contributed by atoms with van der Waals surface area (Å²) in [5.74, 6) is 0.887. The molecule has 3 heteroatoms. The average molecular weight is 552 g/mol. The van der Waals surface area contributed by atoms with Crippen molar-refractivity contribution in [3.63, 3.8) is 0 Å². The lowest BCUT2D eigenvalue weighted by molar-refractivity contribution is -0.401. The maximum atomic E-state index is 5.26. The van der Waals surface area contributed by atoms with Crippen molar-refractivity contribution in [3.05, 3.63) is 108 Å². The third-order valence-electron chi connectivity index (χ3n) is 7.24. The van der Waals surface area contributed by atoms with Gasteiger partial charge < -0.3 is 9.64 Å². The largest absolute Gasteiger partial charge is 0.497 e. The van der Waals surface area contributed by atoms with Gasteiger partial charge in [0.2, 0.25) is 5.69 Å². The molecule has 4 aromatic rings. The summed E-state index contributed by atoms with van der Waals surface area (Å²) in [7, 11) is 6.00. The van der Waals surface area contributed by atoms with Crippen LogP contribution in [0.2, 0.25) is 0 Å². The van der Waals surface area contributed by atoms with E-state index in [4.69, 9.17) is 4.74 Å². The Hall–Kier alpha value is -3.85. The molecule has 0 aliphatic carbocycles. The van der Waals surface area contributed by atoms with Gasteiger partial charge in [0.1, 0.15) is 12.8 Å². The van der Waals surface area contributed by atoms with E-state index < -0.39 is 0 Å². The van der Waals surface area contributed by atoms with E-state index in [0.717, 1.165) is 12.3 Å². The number of hydrogen-bond donors (Lipinski definition) is 0. The molecule has 0 N–H and O–H groups in total. The van der Waals surface area contributed by atoms with Gasteiger partial charge in [0, 0.05) is 37.0 Å². The first kappa shape index (κ1) is 33.4. The number of ether oxygens (including phenoxy) is 1. The van der Waals surface area contributed by atoms with E-state index in [1.54, 1.807) is 7.11 Å². The fourth-order valence-corrected chi connectivity index (χ4v) is 5.30. The minimum atomic E-state index is -0.0695. The third-order valence-corrected chi connectivity index (χ3v) is 7.24. The summed E-state index contributed by atoms with van der Waals surface area (Å²) in [5, 5.41) is 2.64. The Bertz CT molecular complexity index is 1430. The van der Waals surface area contributed by atoms with Crippen LogP contribution < -0.4 is 9.64 Å². The summed E-state index contributed by atoms with van der Waals surface area (Å²) >= 11 is 0. The lowest BCUT2D eigenvalue weighted by atomic mass is 9.79. The standard InChI is InChI=1S/C32H33N2O.3C2H6/c1-32(2)30(34(4)29-20-15-25-8-6-7-9-28(25)31(29)32)21-14-23-10-16-26(17-11-23)33(3)22-24-12-18-27(35-5)19-13-24;3*1-2/h6-21H,22H2,1-5H3;3*1-2H3/q+1;;;. The molecule has 0 amide bonds. The number of nitrogens with zero attached hydrogens (tertiary/aromatic N) is 2. The maximum absolute atomic E-state index is 5.26. The van der Waals surface area contributed by atoms with E-state index >= 15 is 0 Å². The second-order valence-corrected chi connectivity index (χ2v) is 9.88. The molecule has 3 nitrogen and oxygen atoms in total. The normalized spacial score (nSPS) is 12.9. The Kier molecular flexibility index (Phi) is 12.9. The first-order valence-electron chi connectivity index (χ1n) is 15.1. The second-order valence-electron chi connectivity index (χ2n) is 9.88. The SMILES string of the molecule is CC.CC.CC.COc1ccc(CN(C)c2ccc(C=CC3=[N+](C)c4ccc5ccccc5c4C3(C)C)cc2)cc1. The van der Waals surface area contributed by atoms with Crippen LogP contribution in [0.3, 0.4) is 0 Å². The first-order valence-corrected chi connectivity index (χ1v) is 15.1. The molecular weight excluding hydrogens is 500 g/mol. The molecule has 0 aromatic heterocycles. The number of benzene rings is 4. The summed E-state index contributed by atoms with van der Waals surface area (Å²) in [6.45, 7) is 17.5. The number of allylic oxidation sites excluding steroid dienone is 1. The zero-order valence-corrected chi connectivity index (χ0v) is 27.2. The highest BCUT2D eigenvalue weighted by Crippen LogP contribution is 2.43. The van der Waals surface area contributed by atoms with Crippen LogP contribution in [0.1, 0.15) is 72.1 Å². The highest BCUT2D eigenvalue weighted by molar-refractivity contribution is 6.09. The smallest absolute Gasteiger partial charge is 0.210 e. The van der Waals surface area contributed by atoms with Crippen molar-refractivity contribution in [2.24, 2.45) is 0 Å². The van der Waals surface area contributed by atoms with Gasteiger partial charge in [-0.05, 0) is 72.2 Å². The zero-order chi connectivity index (χ0) is 30.6. The minimum absolute atomic E-state index is 0.0695. The molecule has 0 saturated carbocycles. The monoisotopic (exact) mass is 551 g/mol. The molecule has 0 unspecified atom stereocenters. The lowest BCUT2D eigenvalue weighted by Gasteiger charge is -2.20. The van der Waals surface area contributed by atoms with E-state index in [2.05, 4.69) is 122 Å². The fourth-order valence-electron chi connectivity index (χ4n) is 5.30. The molecule has 0 atom stereocenters. The molecule has 0 saturated heterocycles. The van der Waals surface area contributed by atoms with Crippen LogP contribution in [-0.2, 0) is 12.0 Å². The van der Waals surface area contributed by atoms with Crippen molar-refractivity contribution in [1.82, 2.24) is 0 Å². The van der Waals surface area contributed by atoms with Gasteiger partial charge in [-0.25, -0.2) is 0 Å². The van der Waals surface area contributed by atoms with Gasteiger partial charge in [-0.1, -0.05) is 90.1 Å². The van der Waals surface area contributed by atoms with Crippen molar-refractivity contribution < 1.29 is 9.31 Å². The van der Waals surface area contributed by atoms with Gasteiger partial charge in [-0.2, -0.15) is 4.58 Å². The molecule has 0 fully saturated rings. The Labute approximate surface area is 249 Å². The molecule has 1 aliphatic heterocycles. The van der Waals surface area contributed by atoms with Crippen LogP contribution in [0.4, 0.5) is 11.4 Å². The second kappa shape index (κ2) is 15.8. The van der Waals surface area contributed by atoms with E-state index in [-0.39, 0.29) is 5.41 Å². The predicted molar refractivity (Wildman–Crippen MR) is 182 cm³/mol. The highest BCUT2D eigenvalue weighted by atomic mass is 16.5. The highest BCUT2D eigenvalue weighted by Gasteiger charge is 2.44. The molecule has 41 heavy (non-hydrogen) atoms. The van der Waals surface area contributed by atoms with Crippen LogP contribution in [0.25, 0.3) is 16.8 Å². The lowest BCUT2D eigenvalue weighted by Crippen LogP contribution is -2.26. The van der Waals surface area contributed by atoms with Crippen LogP contribution in [0, 0.1) is 0 Å². The Morgan fingerprint density at radius 3 is 1.98 bits per heavy atom. The summed E-state index contributed by atoms with van der Waals surface area (Å²) in [6, 6.07) is 30.2. The van der Waals surface area contributed by atoms with Crippen molar-refractivity contribution in [3.8, 4) is 5.75 Å².